The summed E-state index contributed by atoms with van der Waals surface area (Å²) in [6.45, 7) is 3.00. The third-order valence-electron chi connectivity index (χ3n) is 11.0. The first-order valence-electron chi connectivity index (χ1n) is 24.3. The molecule has 1 fully saturated rings. The highest BCUT2D eigenvalue weighted by Crippen LogP contribution is 2.47. The van der Waals surface area contributed by atoms with E-state index < -0.39 is 87.9 Å². The summed E-state index contributed by atoms with van der Waals surface area (Å²) in [4.78, 5) is 35.8. The molecule has 0 radical (unpaired) electrons. The van der Waals surface area contributed by atoms with Crippen molar-refractivity contribution >= 4 is 19.8 Å². The molecule has 0 aliphatic heterocycles. The van der Waals surface area contributed by atoms with Crippen LogP contribution in [0.1, 0.15) is 168 Å². The molecular formula is C49H85O15P. The minimum atomic E-state index is -5.19. The van der Waals surface area contributed by atoms with Crippen molar-refractivity contribution < 1.29 is 73.3 Å². The first kappa shape index (κ1) is 60.5. The second-order valence-corrected chi connectivity index (χ2v) is 18.4. The van der Waals surface area contributed by atoms with Gasteiger partial charge in [0.15, 0.2) is 6.10 Å². The number of aliphatic hydroxyl groups excluding tert-OH is 7. The van der Waals surface area contributed by atoms with Gasteiger partial charge >= 0.3 is 19.8 Å². The highest BCUT2D eigenvalue weighted by atomic mass is 31.2. The van der Waals surface area contributed by atoms with Gasteiger partial charge in [0.1, 0.15) is 43.2 Å². The van der Waals surface area contributed by atoms with Gasteiger partial charge in [-0.2, -0.15) is 0 Å². The maximum atomic E-state index is 12.8. The van der Waals surface area contributed by atoms with E-state index in [1.165, 1.54) is 38.5 Å². The van der Waals surface area contributed by atoms with E-state index in [4.69, 9.17) is 18.5 Å². The fourth-order valence-corrected chi connectivity index (χ4v) is 8.00. The average molecular weight is 945 g/mol. The molecule has 376 valence electrons. The number of allylic oxidation sites excluding steroid dienone is 8. The molecule has 0 saturated heterocycles. The van der Waals surface area contributed by atoms with Gasteiger partial charge in [-0.05, 0) is 57.8 Å². The van der Waals surface area contributed by atoms with Crippen molar-refractivity contribution in [1.29, 1.82) is 0 Å². The molecule has 0 aromatic heterocycles. The lowest BCUT2D eigenvalue weighted by Crippen LogP contribution is -2.64. The standard InChI is InChI=1S/C49H85O15P/c1-3-5-7-8-9-10-11-12-13-14-15-16-17-18-22-25-29-35-42(52)61-37-41(38-62-65(59,60)64-49-47(57)45(55)44(54)46(56)48(49)58)63-43(53)36-30-34-40(51)33-28-24-21-19-20-23-27-32-39(50)31-26-6-4-2/h12-13,20-21,23-24,27-28,32-33,39-41,44-51,54-58H,3-11,14-19,22,25-26,29-31,34-38H2,1-2H3,(H,59,60)/b13-12-,23-20-,24-21-,32-27+,33-28+/t39-,40-,41-,44?,45-,46+,47-,48-,49?/m1/s1. The minimum absolute atomic E-state index is 0.111. The fraction of sp³-hybridized carbons (Fsp3) is 0.755. The van der Waals surface area contributed by atoms with Gasteiger partial charge in [0.25, 0.3) is 0 Å². The number of ether oxygens (including phenoxy) is 2. The Labute approximate surface area is 388 Å². The van der Waals surface area contributed by atoms with Crippen molar-refractivity contribution in [2.45, 2.75) is 223 Å². The number of carbonyl (C=O) groups is 2. The number of phosphoric ester groups is 1. The first-order chi connectivity index (χ1) is 31.2. The van der Waals surface area contributed by atoms with E-state index in [0.29, 0.717) is 12.8 Å². The van der Waals surface area contributed by atoms with Crippen molar-refractivity contribution in [2.24, 2.45) is 0 Å². The van der Waals surface area contributed by atoms with Gasteiger partial charge < -0.3 is 50.1 Å². The Kier molecular flexibility index (Phi) is 35.8. The Morgan fingerprint density at radius 1 is 0.554 bits per heavy atom. The maximum Gasteiger partial charge on any atom is 0.472 e. The van der Waals surface area contributed by atoms with Gasteiger partial charge in [-0.3, -0.25) is 18.6 Å². The molecule has 8 N–H and O–H groups in total. The van der Waals surface area contributed by atoms with Gasteiger partial charge in [-0.15, -0.1) is 0 Å². The molecule has 0 amide bonds. The quantitative estimate of drug-likeness (QED) is 0.00968. The lowest BCUT2D eigenvalue weighted by atomic mass is 9.85. The van der Waals surface area contributed by atoms with Crippen LogP contribution in [0.15, 0.2) is 60.8 Å². The van der Waals surface area contributed by atoms with Gasteiger partial charge in [-0.25, -0.2) is 4.57 Å². The minimum Gasteiger partial charge on any atom is -0.462 e. The zero-order valence-corrected chi connectivity index (χ0v) is 40.1. The van der Waals surface area contributed by atoms with E-state index in [1.54, 1.807) is 24.3 Å². The third-order valence-corrected chi connectivity index (χ3v) is 12.0. The Morgan fingerprint density at radius 3 is 1.57 bits per heavy atom. The Hall–Kier alpha value is -2.53. The number of phosphoric acid groups is 1. The summed E-state index contributed by atoms with van der Waals surface area (Å²) in [6.07, 6.45) is 26.1. The molecule has 1 rings (SSSR count). The van der Waals surface area contributed by atoms with Gasteiger partial charge in [0, 0.05) is 12.8 Å². The van der Waals surface area contributed by atoms with Crippen LogP contribution in [0.25, 0.3) is 0 Å². The van der Waals surface area contributed by atoms with E-state index in [1.807, 2.05) is 24.3 Å². The molecule has 65 heavy (non-hydrogen) atoms. The number of unbranched alkanes of at least 4 members (excludes halogenated alkanes) is 15. The lowest BCUT2D eigenvalue weighted by Gasteiger charge is -2.41. The average Bonchev–Trinajstić information content (AvgIpc) is 3.27. The monoisotopic (exact) mass is 945 g/mol. The Balaban J connectivity index is 2.55. The van der Waals surface area contributed by atoms with Crippen LogP contribution in [0.3, 0.4) is 0 Å². The van der Waals surface area contributed by atoms with Crippen molar-refractivity contribution in [3.05, 3.63) is 60.8 Å². The SMILES string of the molecule is CCCCCCCC/C=C\CCCCCCCCCC(=O)OC[C@H](COP(=O)(O)OC1[C@H](O)[C@H](O)C(O)[C@H](O)[C@H]1O)OC(=O)CCC[C@H](O)/C=C/C=C\C/C=C\C=C\[C@H](O)CCCCC. The first-order valence-corrected chi connectivity index (χ1v) is 25.8. The molecule has 0 spiro atoms. The number of hydrogen-bond donors (Lipinski definition) is 8. The lowest BCUT2D eigenvalue weighted by molar-refractivity contribution is -0.220. The largest absolute Gasteiger partial charge is 0.472 e. The molecule has 1 aliphatic rings. The molecule has 0 bridgehead atoms. The number of esters is 2. The summed E-state index contributed by atoms with van der Waals surface area (Å²) >= 11 is 0. The molecule has 1 saturated carbocycles. The zero-order valence-electron chi connectivity index (χ0n) is 39.2. The van der Waals surface area contributed by atoms with Gasteiger partial charge in [0.05, 0.1) is 18.8 Å². The topological polar surface area (TPSA) is 250 Å². The van der Waals surface area contributed by atoms with Crippen molar-refractivity contribution in [2.75, 3.05) is 13.2 Å². The second-order valence-electron chi connectivity index (χ2n) is 17.0. The van der Waals surface area contributed by atoms with Gasteiger partial charge in [0.2, 0.25) is 0 Å². The fourth-order valence-electron chi connectivity index (χ4n) is 7.02. The van der Waals surface area contributed by atoms with Crippen LogP contribution in [0.4, 0.5) is 0 Å². The van der Waals surface area contributed by atoms with Gasteiger partial charge in [-0.1, -0.05) is 158 Å². The Morgan fingerprint density at radius 2 is 1.02 bits per heavy atom. The number of hydrogen-bond acceptors (Lipinski definition) is 14. The van der Waals surface area contributed by atoms with Crippen molar-refractivity contribution in [3.63, 3.8) is 0 Å². The van der Waals surface area contributed by atoms with E-state index in [2.05, 4.69) is 26.0 Å². The molecule has 3 unspecified atom stereocenters. The highest BCUT2D eigenvalue weighted by Gasteiger charge is 2.51. The van der Waals surface area contributed by atoms with Crippen LogP contribution in [0.5, 0.6) is 0 Å². The summed E-state index contributed by atoms with van der Waals surface area (Å²) < 4.78 is 33.4. The van der Waals surface area contributed by atoms with E-state index in [9.17, 15) is 54.8 Å². The highest BCUT2D eigenvalue weighted by molar-refractivity contribution is 7.47. The molecule has 0 heterocycles. The smallest absolute Gasteiger partial charge is 0.462 e. The maximum absolute atomic E-state index is 12.8. The normalized spacial score (nSPS) is 22.9. The molecule has 16 heteroatoms. The Bertz CT molecular complexity index is 1400. The van der Waals surface area contributed by atoms with E-state index >= 15 is 0 Å². The van der Waals surface area contributed by atoms with Crippen molar-refractivity contribution in [1.82, 2.24) is 0 Å². The molecule has 0 aromatic rings. The van der Waals surface area contributed by atoms with Crippen LogP contribution in [-0.2, 0) is 32.7 Å². The predicted molar refractivity (Wildman–Crippen MR) is 251 cm³/mol. The summed E-state index contributed by atoms with van der Waals surface area (Å²) in [7, 11) is -5.19. The summed E-state index contributed by atoms with van der Waals surface area (Å²) in [5, 5.41) is 70.4. The van der Waals surface area contributed by atoms with Crippen LogP contribution in [0, 0.1) is 0 Å². The van der Waals surface area contributed by atoms with Crippen molar-refractivity contribution in [3.8, 4) is 0 Å². The van der Waals surface area contributed by atoms with Crippen LogP contribution in [-0.4, -0.2) is 121 Å². The molecule has 10 atom stereocenters. The second kappa shape index (κ2) is 38.4. The predicted octanol–water partition coefficient (Wildman–Crippen LogP) is 7.67. The zero-order chi connectivity index (χ0) is 48.1. The summed E-state index contributed by atoms with van der Waals surface area (Å²) in [6, 6.07) is 0. The number of rotatable bonds is 39. The van der Waals surface area contributed by atoms with Crippen LogP contribution < -0.4 is 0 Å². The third kappa shape index (κ3) is 31.2. The molecular weight excluding hydrogens is 859 g/mol. The summed E-state index contributed by atoms with van der Waals surface area (Å²) in [5.41, 5.74) is 0. The summed E-state index contributed by atoms with van der Waals surface area (Å²) in [5.74, 6) is -1.33. The van der Waals surface area contributed by atoms with E-state index in [0.717, 1.165) is 77.0 Å². The van der Waals surface area contributed by atoms with Crippen LogP contribution >= 0.6 is 7.82 Å². The van der Waals surface area contributed by atoms with E-state index in [-0.39, 0.29) is 25.7 Å². The molecule has 15 nitrogen and oxygen atoms in total. The number of aliphatic hydroxyl groups is 7. The molecule has 1 aliphatic carbocycles. The molecule has 0 aromatic carbocycles. The van der Waals surface area contributed by atoms with Crippen LogP contribution in [0.2, 0.25) is 0 Å². The number of carbonyl (C=O) groups excluding carboxylic acids is 2.